The van der Waals surface area contributed by atoms with E-state index in [0.29, 0.717) is 38.3 Å². The molecule has 0 spiro atoms. The number of imide groups is 1. The number of rotatable bonds is 4. The number of carbonyl (C=O) groups excluding carboxylic acids is 3. The van der Waals surface area contributed by atoms with Crippen molar-refractivity contribution in [1.82, 2.24) is 4.98 Å². The van der Waals surface area contributed by atoms with Gasteiger partial charge in [-0.3, -0.25) is 14.4 Å². The number of nitrogens with zero attached hydrogens (tertiary/aromatic N) is 2. The van der Waals surface area contributed by atoms with Crippen molar-refractivity contribution >= 4 is 50.1 Å². The van der Waals surface area contributed by atoms with Crippen molar-refractivity contribution in [2.45, 2.75) is 0 Å². The zero-order chi connectivity index (χ0) is 21.5. The first-order valence-electron chi connectivity index (χ1n) is 9.39. The maximum absolute atomic E-state index is 12.7. The molecule has 1 N–H and O–H groups in total. The molecule has 5 rings (SSSR count). The van der Waals surface area contributed by atoms with E-state index in [9.17, 15) is 14.4 Å². The van der Waals surface area contributed by atoms with Gasteiger partial charge in [0.25, 0.3) is 17.7 Å². The zero-order valence-electron chi connectivity index (χ0n) is 16.3. The lowest BCUT2D eigenvalue weighted by atomic mass is 10.1. The van der Waals surface area contributed by atoms with Crippen LogP contribution < -0.4 is 15.0 Å². The van der Waals surface area contributed by atoms with E-state index in [2.05, 4.69) is 10.3 Å². The highest BCUT2D eigenvalue weighted by Gasteiger charge is 2.38. The van der Waals surface area contributed by atoms with Crippen LogP contribution in [0.4, 0.5) is 10.8 Å². The van der Waals surface area contributed by atoms with Crippen LogP contribution in [-0.4, -0.2) is 29.8 Å². The van der Waals surface area contributed by atoms with Gasteiger partial charge in [-0.1, -0.05) is 35.6 Å². The van der Waals surface area contributed by atoms with Crippen LogP contribution >= 0.6 is 11.3 Å². The van der Waals surface area contributed by atoms with E-state index in [1.54, 1.807) is 60.7 Å². The van der Waals surface area contributed by atoms with Gasteiger partial charge in [-0.05, 0) is 42.5 Å². The number of benzene rings is 3. The fraction of sp³-hybridized carbons (Fsp3) is 0.0435. The smallest absolute Gasteiger partial charge is 0.268 e. The number of hydrogen-bond acceptors (Lipinski definition) is 6. The fourth-order valence-corrected chi connectivity index (χ4v) is 4.46. The van der Waals surface area contributed by atoms with Gasteiger partial charge in [-0.15, -0.1) is 0 Å². The van der Waals surface area contributed by atoms with E-state index in [-0.39, 0.29) is 11.0 Å². The van der Waals surface area contributed by atoms with Gasteiger partial charge < -0.3 is 10.1 Å². The van der Waals surface area contributed by atoms with Crippen LogP contribution in [0.1, 0.15) is 31.1 Å². The van der Waals surface area contributed by atoms with E-state index < -0.39 is 11.8 Å². The molecule has 1 aromatic heterocycles. The van der Waals surface area contributed by atoms with Crippen LogP contribution in [0, 0.1) is 0 Å². The SMILES string of the molecule is COc1ccccc1NC(=O)c1ccc2nc(N3C(=O)c4ccccc4C3=O)sc2c1. The van der Waals surface area contributed by atoms with Crippen molar-refractivity contribution in [3.63, 3.8) is 0 Å². The van der Waals surface area contributed by atoms with Crippen LogP contribution in [0.5, 0.6) is 5.75 Å². The third-order valence-electron chi connectivity index (χ3n) is 4.98. The number of methoxy groups -OCH3 is 1. The average Bonchev–Trinajstić information content (AvgIpc) is 3.32. The molecule has 0 atom stereocenters. The molecule has 3 amide bonds. The normalized spacial score (nSPS) is 12.9. The van der Waals surface area contributed by atoms with Crippen LogP contribution in [-0.2, 0) is 0 Å². The summed E-state index contributed by atoms with van der Waals surface area (Å²) in [5, 5.41) is 3.11. The number of ether oxygens (including phenoxy) is 1. The monoisotopic (exact) mass is 429 g/mol. The van der Waals surface area contributed by atoms with Crippen molar-refractivity contribution in [2.24, 2.45) is 0 Å². The molecule has 0 radical (unpaired) electrons. The van der Waals surface area contributed by atoms with Gasteiger partial charge in [0, 0.05) is 5.56 Å². The molecule has 31 heavy (non-hydrogen) atoms. The van der Waals surface area contributed by atoms with Crippen LogP contribution in [0.3, 0.4) is 0 Å². The summed E-state index contributed by atoms with van der Waals surface area (Å²) in [5.41, 5.74) is 2.32. The lowest BCUT2D eigenvalue weighted by Gasteiger charge is -2.09. The minimum absolute atomic E-state index is 0.281. The summed E-state index contributed by atoms with van der Waals surface area (Å²) in [7, 11) is 1.54. The fourth-order valence-electron chi connectivity index (χ4n) is 3.45. The molecule has 3 aromatic carbocycles. The Bertz CT molecular complexity index is 1340. The number of fused-ring (bicyclic) bond motifs is 2. The first-order chi connectivity index (χ1) is 15.1. The largest absolute Gasteiger partial charge is 0.495 e. The third kappa shape index (κ3) is 3.13. The summed E-state index contributed by atoms with van der Waals surface area (Å²) in [6.07, 6.45) is 0. The van der Waals surface area contributed by atoms with Gasteiger partial charge in [-0.2, -0.15) is 0 Å². The van der Waals surface area contributed by atoms with Crippen molar-refractivity contribution < 1.29 is 19.1 Å². The number of aromatic nitrogens is 1. The molecule has 0 aliphatic carbocycles. The highest BCUT2D eigenvalue weighted by Crippen LogP contribution is 2.35. The van der Waals surface area contributed by atoms with Gasteiger partial charge >= 0.3 is 0 Å². The van der Waals surface area contributed by atoms with E-state index in [1.807, 2.05) is 6.07 Å². The zero-order valence-corrected chi connectivity index (χ0v) is 17.1. The average molecular weight is 429 g/mol. The second kappa shape index (κ2) is 7.33. The molecule has 4 aromatic rings. The Labute approximate surface area is 180 Å². The number of para-hydroxylation sites is 2. The molecular weight excluding hydrogens is 414 g/mol. The maximum Gasteiger partial charge on any atom is 0.268 e. The topological polar surface area (TPSA) is 88.6 Å². The number of nitrogens with one attached hydrogen (secondary N) is 1. The molecular formula is C23H15N3O4S. The Morgan fingerprint density at radius 3 is 2.35 bits per heavy atom. The number of thiazole rings is 1. The summed E-state index contributed by atoms with van der Waals surface area (Å²) in [6.45, 7) is 0. The molecule has 0 fully saturated rings. The summed E-state index contributed by atoms with van der Waals surface area (Å²) < 4.78 is 5.96. The summed E-state index contributed by atoms with van der Waals surface area (Å²) in [6, 6.07) is 18.9. The maximum atomic E-state index is 12.7. The lowest BCUT2D eigenvalue weighted by Crippen LogP contribution is -2.29. The minimum Gasteiger partial charge on any atom is -0.495 e. The quantitative estimate of drug-likeness (QED) is 0.487. The molecule has 7 nitrogen and oxygen atoms in total. The first-order valence-corrected chi connectivity index (χ1v) is 10.2. The van der Waals surface area contributed by atoms with Crippen molar-refractivity contribution in [3.05, 3.63) is 83.4 Å². The predicted molar refractivity (Wildman–Crippen MR) is 118 cm³/mol. The third-order valence-corrected chi connectivity index (χ3v) is 5.98. The van der Waals surface area contributed by atoms with Crippen molar-refractivity contribution in [2.75, 3.05) is 17.3 Å². The van der Waals surface area contributed by atoms with E-state index in [1.165, 1.54) is 18.4 Å². The number of carbonyl (C=O) groups is 3. The van der Waals surface area contributed by atoms with Gasteiger partial charge in [0.15, 0.2) is 0 Å². The Hall–Kier alpha value is -4.04. The minimum atomic E-state index is -0.395. The molecule has 2 heterocycles. The van der Waals surface area contributed by atoms with Gasteiger partial charge in [-0.25, -0.2) is 9.88 Å². The van der Waals surface area contributed by atoms with Gasteiger partial charge in [0.1, 0.15) is 5.75 Å². The summed E-state index contributed by atoms with van der Waals surface area (Å²) in [4.78, 5) is 43.7. The van der Waals surface area contributed by atoms with Gasteiger partial charge in [0.2, 0.25) is 5.13 Å². The lowest BCUT2D eigenvalue weighted by molar-refractivity contribution is 0.0925. The predicted octanol–water partition coefficient (Wildman–Crippen LogP) is 4.36. The van der Waals surface area contributed by atoms with E-state index >= 15 is 0 Å². The molecule has 0 bridgehead atoms. The Kier molecular flexibility index (Phi) is 4.48. The number of hydrogen-bond donors (Lipinski definition) is 1. The van der Waals surface area contributed by atoms with Crippen molar-refractivity contribution in [1.29, 1.82) is 0 Å². The van der Waals surface area contributed by atoms with Gasteiger partial charge in [0.05, 0.1) is 34.1 Å². The molecule has 0 saturated heterocycles. The molecule has 8 heteroatoms. The standard InChI is InChI=1S/C23H15N3O4S/c1-30-18-9-5-4-8-16(18)24-20(27)13-10-11-17-19(12-13)31-23(25-17)26-21(28)14-6-2-3-7-15(14)22(26)29/h2-12H,1H3,(H,24,27). The number of anilines is 2. The first kappa shape index (κ1) is 19.0. The highest BCUT2D eigenvalue weighted by atomic mass is 32.1. The highest BCUT2D eigenvalue weighted by molar-refractivity contribution is 7.22. The Morgan fingerprint density at radius 1 is 0.968 bits per heavy atom. The molecule has 1 aliphatic heterocycles. The van der Waals surface area contributed by atoms with Crippen LogP contribution in [0.15, 0.2) is 66.7 Å². The second-order valence-electron chi connectivity index (χ2n) is 6.82. The molecule has 1 aliphatic rings. The van der Waals surface area contributed by atoms with E-state index in [0.717, 1.165) is 4.90 Å². The number of amides is 3. The van der Waals surface area contributed by atoms with E-state index in [4.69, 9.17) is 4.74 Å². The molecule has 0 saturated carbocycles. The summed E-state index contributed by atoms with van der Waals surface area (Å²) in [5.74, 6) is -0.535. The van der Waals surface area contributed by atoms with Crippen LogP contribution in [0.2, 0.25) is 0 Å². The molecule has 152 valence electrons. The Balaban J connectivity index is 1.45. The van der Waals surface area contributed by atoms with Crippen molar-refractivity contribution in [3.8, 4) is 5.75 Å². The second-order valence-corrected chi connectivity index (χ2v) is 7.83. The summed E-state index contributed by atoms with van der Waals surface area (Å²) >= 11 is 1.19. The Morgan fingerprint density at radius 2 is 1.65 bits per heavy atom. The van der Waals surface area contributed by atoms with Crippen LogP contribution in [0.25, 0.3) is 10.2 Å². The molecule has 0 unspecified atom stereocenters.